The minimum Gasteiger partial charge on any atom is -0.495 e. The Morgan fingerprint density at radius 1 is 1.29 bits per heavy atom. The molecule has 6 nitrogen and oxygen atoms in total. The van der Waals surface area contributed by atoms with Crippen molar-refractivity contribution in [1.29, 1.82) is 0 Å². The number of aromatic nitrogens is 2. The second-order valence-corrected chi connectivity index (χ2v) is 6.33. The number of nitrogens with zero attached hydrogens (tertiary/aromatic N) is 3. The largest absolute Gasteiger partial charge is 0.495 e. The van der Waals surface area contributed by atoms with Crippen LogP contribution in [0, 0.1) is 6.92 Å². The van der Waals surface area contributed by atoms with Crippen LogP contribution in [0.1, 0.15) is 31.7 Å². The fraction of sp³-hybridized carbons (Fsp3) is 0.444. The molecule has 1 saturated heterocycles. The maximum atomic E-state index is 6.38. The van der Waals surface area contributed by atoms with E-state index in [2.05, 4.69) is 27.1 Å². The molecule has 24 heavy (non-hydrogen) atoms. The van der Waals surface area contributed by atoms with E-state index in [0.29, 0.717) is 17.5 Å². The topological polar surface area (TPSA) is 76.3 Å². The highest BCUT2D eigenvalue weighted by Crippen LogP contribution is 2.34. The minimum absolute atomic E-state index is 0.442. The third-order valence-corrected chi connectivity index (χ3v) is 4.55. The smallest absolute Gasteiger partial charge is 0.159 e. The number of nitrogens with two attached hydrogens (primary N) is 1. The molecule has 1 aliphatic heterocycles. The van der Waals surface area contributed by atoms with Gasteiger partial charge in [-0.05, 0) is 50.8 Å². The number of nitrogen functional groups attached to an aromatic ring is 1. The van der Waals surface area contributed by atoms with Crippen LogP contribution in [0.5, 0.6) is 5.75 Å². The van der Waals surface area contributed by atoms with Gasteiger partial charge < -0.3 is 20.7 Å². The quantitative estimate of drug-likeness (QED) is 0.895. The van der Waals surface area contributed by atoms with E-state index in [-0.39, 0.29) is 0 Å². The molecule has 1 fully saturated rings. The normalized spacial score (nSPS) is 17.6. The van der Waals surface area contributed by atoms with Crippen LogP contribution in [0.25, 0.3) is 0 Å². The minimum atomic E-state index is 0.442. The van der Waals surface area contributed by atoms with Crippen LogP contribution < -0.4 is 20.7 Å². The van der Waals surface area contributed by atoms with E-state index in [1.165, 1.54) is 12.8 Å². The highest BCUT2D eigenvalue weighted by molar-refractivity contribution is 5.80. The summed E-state index contributed by atoms with van der Waals surface area (Å²) in [5.41, 5.74) is 8.95. The lowest BCUT2D eigenvalue weighted by Gasteiger charge is -2.35. The molecule has 0 saturated carbocycles. The predicted molar refractivity (Wildman–Crippen MR) is 98.1 cm³/mol. The predicted octanol–water partition coefficient (Wildman–Crippen LogP) is 3.50. The summed E-state index contributed by atoms with van der Waals surface area (Å²) in [5.74, 6) is 2.18. The van der Waals surface area contributed by atoms with Crippen molar-refractivity contribution in [1.82, 2.24) is 9.97 Å². The van der Waals surface area contributed by atoms with Crippen molar-refractivity contribution < 1.29 is 4.74 Å². The average molecular weight is 327 g/mol. The summed E-state index contributed by atoms with van der Waals surface area (Å²) in [4.78, 5) is 11.0. The van der Waals surface area contributed by atoms with Gasteiger partial charge in [-0.25, -0.2) is 9.97 Å². The van der Waals surface area contributed by atoms with E-state index >= 15 is 0 Å². The highest BCUT2D eigenvalue weighted by atomic mass is 16.5. The van der Waals surface area contributed by atoms with Gasteiger partial charge in [0, 0.05) is 12.6 Å². The van der Waals surface area contributed by atoms with Crippen LogP contribution in [0.2, 0.25) is 0 Å². The average Bonchev–Trinajstić information content (AvgIpc) is 2.58. The fourth-order valence-corrected chi connectivity index (χ4v) is 3.17. The van der Waals surface area contributed by atoms with E-state index < -0.39 is 0 Å². The van der Waals surface area contributed by atoms with Crippen molar-refractivity contribution in [2.24, 2.45) is 0 Å². The lowest BCUT2D eigenvalue weighted by molar-refractivity contribution is 0.416. The number of benzene rings is 1. The lowest BCUT2D eigenvalue weighted by atomic mass is 10.0. The summed E-state index contributed by atoms with van der Waals surface area (Å²) >= 11 is 0. The molecule has 3 N–H and O–H groups in total. The Labute approximate surface area is 143 Å². The van der Waals surface area contributed by atoms with Gasteiger partial charge in [0.15, 0.2) is 11.6 Å². The molecular weight excluding hydrogens is 302 g/mol. The number of rotatable bonds is 4. The molecule has 0 spiro atoms. The summed E-state index contributed by atoms with van der Waals surface area (Å²) < 4.78 is 5.42. The first-order chi connectivity index (χ1) is 11.6. The molecule has 128 valence electrons. The van der Waals surface area contributed by atoms with Gasteiger partial charge in [-0.2, -0.15) is 0 Å². The van der Waals surface area contributed by atoms with Crippen molar-refractivity contribution in [2.45, 2.75) is 39.2 Å². The van der Waals surface area contributed by atoms with Crippen molar-refractivity contribution in [3.63, 3.8) is 0 Å². The SMILES string of the molecule is COc1ccc(C)cc1Nc1ncnc(N2CCCCC2C)c1N. The molecule has 2 heterocycles. The standard InChI is InChI=1S/C18H25N5O/c1-12-7-8-15(24-3)14(10-12)22-17-16(19)18(21-11-20-17)23-9-5-4-6-13(23)2/h7-8,10-11,13H,4-6,9,19H2,1-3H3,(H,20,21,22). The van der Waals surface area contributed by atoms with E-state index in [4.69, 9.17) is 10.5 Å². The number of piperidine rings is 1. The molecule has 0 radical (unpaired) electrons. The van der Waals surface area contributed by atoms with Gasteiger partial charge in [-0.15, -0.1) is 0 Å². The van der Waals surface area contributed by atoms with Crippen LogP contribution in [-0.4, -0.2) is 29.7 Å². The number of ether oxygens (including phenoxy) is 1. The van der Waals surface area contributed by atoms with E-state index in [1.54, 1.807) is 13.4 Å². The Morgan fingerprint density at radius 3 is 2.88 bits per heavy atom. The summed E-state index contributed by atoms with van der Waals surface area (Å²) in [6.45, 7) is 5.24. The lowest BCUT2D eigenvalue weighted by Crippen LogP contribution is -2.38. The zero-order chi connectivity index (χ0) is 17.1. The van der Waals surface area contributed by atoms with Gasteiger partial charge in [0.25, 0.3) is 0 Å². The second-order valence-electron chi connectivity index (χ2n) is 6.33. The second kappa shape index (κ2) is 6.95. The molecular formula is C18H25N5O. The summed E-state index contributed by atoms with van der Waals surface area (Å²) in [6, 6.07) is 6.40. The first-order valence-electron chi connectivity index (χ1n) is 8.39. The van der Waals surface area contributed by atoms with Gasteiger partial charge in [0.05, 0.1) is 12.8 Å². The van der Waals surface area contributed by atoms with Crippen molar-refractivity contribution in [2.75, 3.05) is 29.6 Å². The Bertz CT molecular complexity index is 719. The maximum absolute atomic E-state index is 6.38. The van der Waals surface area contributed by atoms with Gasteiger partial charge >= 0.3 is 0 Å². The van der Waals surface area contributed by atoms with Crippen molar-refractivity contribution in [3.05, 3.63) is 30.1 Å². The van der Waals surface area contributed by atoms with Crippen LogP contribution in [-0.2, 0) is 0 Å². The fourth-order valence-electron chi connectivity index (χ4n) is 3.17. The molecule has 1 aromatic heterocycles. The maximum Gasteiger partial charge on any atom is 0.159 e. The number of anilines is 4. The number of aryl methyl sites for hydroxylation is 1. The Balaban J connectivity index is 1.92. The molecule has 0 amide bonds. The third-order valence-electron chi connectivity index (χ3n) is 4.55. The number of hydrogen-bond acceptors (Lipinski definition) is 6. The van der Waals surface area contributed by atoms with E-state index in [0.717, 1.165) is 35.8 Å². The Morgan fingerprint density at radius 2 is 2.12 bits per heavy atom. The van der Waals surface area contributed by atoms with Crippen molar-refractivity contribution in [3.8, 4) is 5.75 Å². The van der Waals surface area contributed by atoms with Crippen LogP contribution in [0.15, 0.2) is 24.5 Å². The molecule has 0 aliphatic carbocycles. The molecule has 2 aromatic rings. The monoisotopic (exact) mass is 327 g/mol. The zero-order valence-electron chi connectivity index (χ0n) is 14.5. The summed E-state index contributed by atoms with van der Waals surface area (Å²) in [5, 5.41) is 3.30. The van der Waals surface area contributed by atoms with Gasteiger partial charge in [0.2, 0.25) is 0 Å². The van der Waals surface area contributed by atoms with Gasteiger partial charge in [0.1, 0.15) is 17.8 Å². The first-order valence-corrected chi connectivity index (χ1v) is 8.39. The van der Waals surface area contributed by atoms with Crippen LogP contribution in [0.3, 0.4) is 0 Å². The van der Waals surface area contributed by atoms with Crippen LogP contribution in [0.4, 0.5) is 23.0 Å². The van der Waals surface area contributed by atoms with Crippen molar-refractivity contribution >= 4 is 23.0 Å². The molecule has 1 atom stereocenters. The summed E-state index contributed by atoms with van der Waals surface area (Å²) in [7, 11) is 1.65. The first kappa shape index (κ1) is 16.4. The molecule has 1 unspecified atom stereocenters. The third kappa shape index (κ3) is 3.22. The molecule has 0 bridgehead atoms. The molecule has 3 rings (SSSR count). The molecule has 1 aromatic carbocycles. The number of nitrogens with one attached hydrogen (secondary N) is 1. The highest BCUT2D eigenvalue weighted by Gasteiger charge is 2.23. The van der Waals surface area contributed by atoms with E-state index in [9.17, 15) is 0 Å². The molecule has 1 aliphatic rings. The summed E-state index contributed by atoms with van der Waals surface area (Å²) in [6.07, 6.45) is 5.16. The Hall–Kier alpha value is -2.50. The number of methoxy groups -OCH3 is 1. The van der Waals surface area contributed by atoms with Crippen LogP contribution >= 0.6 is 0 Å². The molecule has 6 heteroatoms. The van der Waals surface area contributed by atoms with E-state index in [1.807, 2.05) is 25.1 Å². The van der Waals surface area contributed by atoms with Gasteiger partial charge in [-0.1, -0.05) is 6.07 Å². The number of hydrogen-bond donors (Lipinski definition) is 2. The zero-order valence-corrected chi connectivity index (χ0v) is 14.5. The van der Waals surface area contributed by atoms with Gasteiger partial charge in [-0.3, -0.25) is 0 Å². The Kier molecular flexibility index (Phi) is 4.74.